The Morgan fingerprint density at radius 1 is 1.25 bits per heavy atom. The first-order chi connectivity index (χ1) is 13.0. The molecule has 0 radical (unpaired) electrons. The lowest BCUT2D eigenvalue weighted by atomic mass is 10.2. The van der Waals surface area contributed by atoms with Gasteiger partial charge in [-0.3, -0.25) is 4.79 Å². The number of anilines is 1. The first kappa shape index (κ1) is 23.7. The maximum Gasteiger partial charge on any atom is 0.410 e. The van der Waals surface area contributed by atoms with Crippen LogP contribution < -0.4 is 5.32 Å². The van der Waals surface area contributed by atoms with Gasteiger partial charge in [0.2, 0.25) is 5.91 Å². The van der Waals surface area contributed by atoms with Gasteiger partial charge in [0.25, 0.3) is 0 Å². The smallest absolute Gasteiger partial charge is 0.410 e. The van der Waals surface area contributed by atoms with E-state index in [0.29, 0.717) is 12.2 Å². The van der Waals surface area contributed by atoms with Crippen LogP contribution in [0.5, 0.6) is 0 Å². The summed E-state index contributed by atoms with van der Waals surface area (Å²) in [6.07, 6.45) is 0.466. The molecule has 156 valence electrons. The molecule has 0 spiro atoms. The van der Waals surface area contributed by atoms with E-state index in [1.54, 1.807) is 39.1 Å². The Labute approximate surface area is 173 Å². The van der Waals surface area contributed by atoms with Crippen molar-refractivity contribution < 1.29 is 24.2 Å². The molecular formula is C18H27BrN4O5. The van der Waals surface area contributed by atoms with E-state index in [1.165, 1.54) is 11.9 Å². The Kier molecular flexibility index (Phi) is 9.17. The molecule has 1 aromatic heterocycles. The van der Waals surface area contributed by atoms with E-state index in [2.05, 4.69) is 26.2 Å². The normalized spacial score (nSPS) is 10.9. The third-order valence-electron chi connectivity index (χ3n) is 3.50. The standard InChI is InChI=1S/C18H27BrN4O5/c1-18(2,3)28-17(27)23(10-5-9-22(4)16(25)26)11-7-15(24)21-14-12-13(19)6-8-20-14/h6,8,12H,5,7,9-11H2,1-4H3,(H,25,26)(H,20,21,24). The van der Waals surface area contributed by atoms with E-state index in [9.17, 15) is 14.4 Å². The molecule has 0 saturated heterocycles. The molecule has 0 unspecified atom stereocenters. The summed E-state index contributed by atoms with van der Waals surface area (Å²) in [6.45, 7) is 5.95. The summed E-state index contributed by atoms with van der Waals surface area (Å²) in [4.78, 5) is 42.0. The third-order valence-corrected chi connectivity index (χ3v) is 3.99. The summed E-state index contributed by atoms with van der Waals surface area (Å²) < 4.78 is 6.17. The second kappa shape index (κ2) is 10.8. The van der Waals surface area contributed by atoms with Crippen molar-refractivity contribution in [1.29, 1.82) is 0 Å². The number of pyridine rings is 1. The molecule has 0 aliphatic heterocycles. The SMILES string of the molecule is CN(CCCN(CCC(=O)Nc1cc(Br)ccn1)C(=O)OC(C)(C)C)C(=O)O. The molecule has 0 atom stereocenters. The van der Waals surface area contributed by atoms with Gasteiger partial charge in [0.05, 0.1) is 0 Å². The highest BCUT2D eigenvalue weighted by atomic mass is 79.9. The van der Waals surface area contributed by atoms with Gasteiger partial charge in [0, 0.05) is 43.8 Å². The van der Waals surface area contributed by atoms with Crippen LogP contribution in [-0.2, 0) is 9.53 Å². The van der Waals surface area contributed by atoms with Gasteiger partial charge < -0.3 is 25.0 Å². The number of carbonyl (C=O) groups is 3. The molecule has 3 amide bonds. The molecule has 0 saturated carbocycles. The molecule has 0 bridgehead atoms. The zero-order chi connectivity index (χ0) is 21.3. The zero-order valence-electron chi connectivity index (χ0n) is 16.6. The number of hydrogen-bond acceptors (Lipinski definition) is 5. The second-order valence-electron chi connectivity index (χ2n) is 7.18. The van der Waals surface area contributed by atoms with Crippen LogP contribution in [0.25, 0.3) is 0 Å². The summed E-state index contributed by atoms with van der Waals surface area (Å²) >= 11 is 3.30. The summed E-state index contributed by atoms with van der Waals surface area (Å²) in [7, 11) is 1.46. The van der Waals surface area contributed by atoms with Crippen molar-refractivity contribution in [1.82, 2.24) is 14.8 Å². The van der Waals surface area contributed by atoms with Gasteiger partial charge in [-0.15, -0.1) is 0 Å². The molecule has 0 aliphatic carbocycles. The quantitative estimate of drug-likeness (QED) is 0.616. The van der Waals surface area contributed by atoms with Gasteiger partial charge in [-0.1, -0.05) is 15.9 Å². The van der Waals surface area contributed by atoms with Crippen LogP contribution in [0.15, 0.2) is 22.8 Å². The maximum absolute atomic E-state index is 12.4. The number of halogens is 1. The Bertz CT molecular complexity index is 693. The molecule has 0 fully saturated rings. The van der Waals surface area contributed by atoms with Crippen LogP contribution in [-0.4, -0.2) is 70.3 Å². The largest absolute Gasteiger partial charge is 0.465 e. The first-order valence-corrected chi connectivity index (χ1v) is 9.60. The van der Waals surface area contributed by atoms with Crippen LogP contribution in [0.3, 0.4) is 0 Å². The number of ether oxygens (including phenoxy) is 1. The number of carboxylic acid groups (broad SMARTS) is 1. The summed E-state index contributed by atoms with van der Waals surface area (Å²) in [6, 6.07) is 3.42. The zero-order valence-corrected chi connectivity index (χ0v) is 18.2. The van der Waals surface area contributed by atoms with Crippen molar-refractivity contribution in [2.45, 2.75) is 39.2 Å². The van der Waals surface area contributed by atoms with Crippen molar-refractivity contribution in [3.63, 3.8) is 0 Å². The van der Waals surface area contributed by atoms with E-state index >= 15 is 0 Å². The molecule has 1 aromatic rings. The topological polar surface area (TPSA) is 112 Å². The fourth-order valence-electron chi connectivity index (χ4n) is 2.13. The number of carbonyl (C=O) groups excluding carboxylic acids is 2. The van der Waals surface area contributed by atoms with E-state index in [-0.39, 0.29) is 32.0 Å². The maximum atomic E-state index is 12.4. The van der Waals surface area contributed by atoms with Gasteiger partial charge in [-0.05, 0) is 39.3 Å². The first-order valence-electron chi connectivity index (χ1n) is 8.81. The van der Waals surface area contributed by atoms with Crippen molar-refractivity contribution >= 4 is 39.8 Å². The summed E-state index contributed by atoms with van der Waals surface area (Å²) in [5.41, 5.74) is -0.671. The third kappa shape index (κ3) is 9.54. The average molecular weight is 459 g/mol. The molecule has 28 heavy (non-hydrogen) atoms. The molecule has 1 rings (SSSR count). The Balaban J connectivity index is 2.63. The van der Waals surface area contributed by atoms with Crippen molar-refractivity contribution in [2.75, 3.05) is 32.0 Å². The number of nitrogens with one attached hydrogen (secondary N) is 1. The monoisotopic (exact) mass is 458 g/mol. The summed E-state index contributed by atoms with van der Waals surface area (Å²) in [5, 5.41) is 11.6. The molecule has 1 heterocycles. The van der Waals surface area contributed by atoms with Gasteiger partial charge in [-0.25, -0.2) is 14.6 Å². The van der Waals surface area contributed by atoms with Crippen LogP contribution in [0, 0.1) is 0 Å². The van der Waals surface area contributed by atoms with Crippen LogP contribution in [0.1, 0.15) is 33.6 Å². The lowest BCUT2D eigenvalue weighted by Gasteiger charge is -2.27. The van der Waals surface area contributed by atoms with E-state index in [4.69, 9.17) is 9.84 Å². The highest BCUT2D eigenvalue weighted by Crippen LogP contribution is 2.14. The van der Waals surface area contributed by atoms with E-state index in [1.807, 2.05) is 0 Å². The van der Waals surface area contributed by atoms with Crippen LogP contribution in [0.2, 0.25) is 0 Å². The van der Waals surface area contributed by atoms with Gasteiger partial charge in [0.1, 0.15) is 11.4 Å². The van der Waals surface area contributed by atoms with Crippen LogP contribution >= 0.6 is 15.9 Å². The predicted octanol–water partition coefficient (Wildman–Crippen LogP) is 3.41. The summed E-state index contributed by atoms with van der Waals surface area (Å²) in [5.74, 6) is 0.119. The lowest BCUT2D eigenvalue weighted by Crippen LogP contribution is -2.40. The van der Waals surface area contributed by atoms with Gasteiger partial charge >= 0.3 is 12.2 Å². The fourth-order valence-corrected chi connectivity index (χ4v) is 2.47. The lowest BCUT2D eigenvalue weighted by molar-refractivity contribution is -0.116. The molecule has 2 N–H and O–H groups in total. The van der Waals surface area contributed by atoms with Crippen molar-refractivity contribution in [2.24, 2.45) is 0 Å². The number of aromatic nitrogens is 1. The number of rotatable bonds is 8. The van der Waals surface area contributed by atoms with E-state index < -0.39 is 17.8 Å². The minimum absolute atomic E-state index is 0.0577. The minimum Gasteiger partial charge on any atom is -0.465 e. The number of hydrogen-bond donors (Lipinski definition) is 2. The number of amides is 3. The minimum atomic E-state index is -1.04. The highest BCUT2D eigenvalue weighted by Gasteiger charge is 2.23. The number of nitrogens with zero attached hydrogens (tertiary/aromatic N) is 3. The molecule has 0 aliphatic rings. The van der Waals surface area contributed by atoms with Gasteiger partial charge in [-0.2, -0.15) is 0 Å². The predicted molar refractivity (Wildman–Crippen MR) is 108 cm³/mol. The van der Waals surface area contributed by atoms with Crippen molar-refractivity contribution in [3.8, 4) is 0 Å². The Morgan fingerprint density at radius 3 is 2.50 bits per heavy atom. The highest BCUT2D eigenvalue weighted by molar-refractivity contribution is 9.10. The fraction of sp³-hybridized carbons (Fsp3) is 0.556. The molecular weight excluding hydrogens is 432 g/mol. The van der Waals surface area contributed by atoms with Crippen LogP contribution in [0.4, 0.5) is 15.4 Å². The van der Waals surface area contributed by atoms with Gasteiger partial charge in [0.15, 0.2) is 0 Å². The molecule has 0 aromatic carbocycles. The average Bonchev–Trinajstić information content (AvgIpc) is 2.55. The molecule has 10 heteroatoms. The van der Waals surface area contributed by atoms with Crippen molar-refractivity contribution in [3.05, 3.63) is 22.8 Å². The van der Waals surface area contributed by atoms with E-state index in [0.717, 1.165) is 9.37 Å². The molecule has 9 nitrogen and oxygen atoms in total. The Hall–Kier alpha value is -2.36. The Morgan fingerprint density at radius 2 is 1.93 bits per heavy atom. The second-order valence-corrected chi connectivity index (χ2v) is 8.10.